The van der Waals surface area contributed by atoms with Gasteiger partial charge in [-0.3, -0.25) is 0 Å². The van der Waals surface area contributed by atoms with Crippen molar-refractivity contribution in [2.75, 3.05) is 26.4 Å². The van der Waals surface area contributed by atoms with E-state index >= 15 is 0 Å². The molecule has 0 amide bonds. The fourth-order valence-corrected chi connectivity index (χ4v) is 0.445. The molecule has 0 aromatic heterocycles. The molecule has 0 heterocycles. The summed E-state index contributed by atoms with van der Waals surface area (Å²) in [4.78, 5) is 3.64. The summed E-state index contributed by atoms with van der Waals surface area (Å²) in [5.74, 6) is 0. The van der Waals surface area contributed by atoms with Crippen molar-refractivity contribution in [3.8, 4) is 0 Å². The predicted molar refractivity (Wildman–Crippen MR) is 36.9 cm³/mol. The molecule has 0 aromatic rings. The Morgan fingerprint density at radius 3 is 2.78 bits per heavy atom. The molecule has 0 saturated carbocycles. The summed E-state index contributed by atoms with van der Waals surface area (Å²) in [7, 11) is 0. The van der Waals surface area contributed by atoms with Crippen LogP contribution in [-0.2, 0) is 4.74 Å². The average molecular weight is 131 g/mol. The molecule has 0 rings (SSSR count). The van der Waals surface area contributed by atoms with Gasteiger partial charge in [0.2, 0.25) is 0 Å². The maximum absolute atomic E-state index is 8.26. The van der Waals surface area contributed by atoms with E-state index in [1.165, 1.54) is 0 Å². The van der Waals surface area contributed by atoms with Crippen LogP contribution in [0.3, 0.4) is 0 Å². The molecule has 0 aromatic carbocycles. The topological polar surface area (TPSA) is 41.8 Å². The number of aliphatic hydroxyl groups excluding tert-OH is 1. The molecule has 0 fully saturated rings. The first-order valence-corrected chi connectivity index (χ1v) is 3.03. The first kappa shape index (κ1) is 8.59. The van der Waals surface area contributed by atoms with Gasteiger partial charge in [-0.15, -0.1) is 0 Å². The second kappa shape index (κ2) is 7.59. The second-order valence-electron chi connectivity index (χ2n) is 1.64. The smallest absolute Gasteiger partial charge is 0.0697 e. The molecule has 9 heavy (non-hydrogen) atoms. The predicted octanol–water partition coefficient (Wildman–Crippen LogP) is 0.0860. The lowest BCUT2D eigenvalue weighted by Gasteiger charge is -1.97. The SMILES string of the molecule is C=NCCCOCCO. The van der Waals surface area contributed by atoms with Gasteiger partial charge in [-0.05, 0) is 13.1 Å². The van der Waals surface area contributed by atoms with Gasteiger partial charge in [0, 0.05) is 13.2 Å². The van der Waals surface area contributed by atoms with Crippen LogP contribution in [0, 0.1) is 0 Å². The van der Waals surface area contributed by atoms with Crippen molar-refractivity contribution in [2.45, 2.75) is 6.42 Å². The number of hydrogen-bond acceptors (Lipinski definition) is 3. The molecular weight excluding hydrogens is 118 g/mol. The van der Waals surface area contributed by atoms with Gasteiger partial charge < -0.3 is 14.8 Å². The monoisotopic (exact) mass is 131 g/mol. The number of nitrogens with zero attached hydrogens (tertiary/aromatic N) is 1. The molecular formula is C6H13NO2. The van der Waals surface area contributed by atoms with E-state index < -0.39 is 0 Å². The van der Waals surface area contributed by atoms with Gasteiger partial charge in [0.25, 0.3) is 0 Å². The van der Waals surface area contributed by atoms with Gasteiger partial charge in [-0.25, -0.2) is 0 Å². The minimum Gasteiger partial charge on any atom is -0.394 e. The minimum atomic E-state index is 0.0987. The van der Waals surface area contributed by atoms with Crippen LogP contribution in [0.25, 0.3) is 0 Å². The lowest BCUT2D eigenvalue weighted by atomic mass is 10.5. The normalized spacial score (nSPS) is 9.44. The van der Waals surface area contributed by atoms with Crippen LogP contribution >= 0.6 is 0 Å². The zero-order valence-electron chi connectivity index (χ0n) is 5.55. The van der Waals surface area contributed by atoms with Crippen LogP contribution in [0.5, 0.6) is 0 Å². The van der Waals surface area contributed by atoms with E-state index in [4.69, 9.17) is 9.84 Å². The van der Waals surface area contributed by atoms with E-state index in [1.807, 2.05) is 0 Å². The summed E-state index contributed by atoms with van der Waals surface area (Å²) in [6, 6.07) is 0. The maximum atomic E-state index is 8.26. The zero-order valence-corrected chi connectivity index (χ0v) is 5.55. The van der Waals surface area contributed by atoms with E-state index in [0.29, 0.717) is 13.2 Å². The van der Waals surface area contributed by atoms with Gasteiger partial charge in [0.1, 0.15) is 0 Å². The third kappa shape index (κ3) is 7.59. The standard InChI is InChI=1S/C6H13NO2/c1-7-3-2-5-9-6-4-8/h8H,1-6H2. The van der Waals surface area contributed by atoms with E-state index in [9.17, 15) is 0 Å². The highest BCUT2D eigenvalue weighted by molar-refractivity contribution is 5.22. The number of hydrogen-bond donors (Lipinski definition) is 1. The first-order valence-electron chi connectivity index (χ1n) is 3.03. The van der Waals surface area contributed by atoms with Crippen molar-refractivity contribution in [3.63, 3.8) is 0 Å². The Kier molecular flexibility index (Phi) is 7.24. The highest BCUT2D eigenvalue weighted by atomic mass is 16.5. The summed E-state index contributed by atoms with van der Waals surface area (Å²) in [6.07, 6.45) is 0.892. The molecule has 0 aliphatic rings. The fraction of sp³-hybridized carbons (Fsp3) is 0.833. The Balaban J connectivity index is 2.66. The van der Waals surface area contributed by atoms with Gasteiger partial charge >= 0.3 is 0 Å². The summed E-state index contributed by atoms with van der Waals surface area (Å²) in [5.41, 5.74) is 0. The van der Waals surface area contributed by atoms with Crippen LogP contribution < -0.4 is 0 Å². The second-order valence-corrected chi connectivity index (χ2v) is 1.64. The summed E-state index contributed by atoms with van der Waals surface area (Å²) in [5, 5.41) is 8.26. The van der Waals surface area contributed by atoms with Crippen LogP contribution in [0.1, 0.15) is 6.42 Å². The van der Waals surface area contributed by atoms with Gasteiger partial charge in [-0.1, -0.05) is 0 Å². The first-order chi connectivity index (χ1) is 4.41. The Bertz CT molecular complexity index is 66.1. The van der Waals surface area contributed by atoms with Crippen LogP contribution in [-0.4, -0.2) is 38.2 Å². The zero-order chi connectivity index (χ0) is 6.95. The molecule has 0 unspecified atom stereocenters. The molecule has 3 nitrogen and oxygen atoms in total. The molecule has 0 spiro atoms. The largest absolute Gasteiger partial charge is 0.394 e. The van der Waals surface area contributed by atoms with Gasteiger partial charge in [-0.2, -0.15) is 0 Å². The van der Waals surface area contributed by atoms with Crippen LogP contribution in [0.4, 0.5) is 0 Å². The van der Waals surface area contributed by atoms with Crippen molar-refractivity contribution in [2.24, 2.45) is 4.99 Å². The highest BCUT2D eigenvalue weighted by Crippen LogP contribution is 1.81. The Morgan fingerprint density at radius 1 is 1.44 bits per heavy atom. The molecule has 0 aliphatic carbocycles. The van der Waals surface area contributed by atoms with Crippen molar-refractivity contribution >= 4 is 6.72 Å². The minimum absolute atomic E-state index is 0.0987. The van der Waals surface area contributed by atoms with Crippen LogP contribution in [0.2, 0.25) is 0 Å². The van der Waals surface area contributed by atoms with E-state index in [1.54, 1.807) is 0 Å². The van der Waals surface area contributed by atoms with Gasteiger partial charge in [0.15, 0.2) is 0 Å². The molecule has 3 heteroatoms. The average Bonchev–Trinajstić information content (AvgIpc) is 1.89. The van der Waals surface area contributed by atoms with Crippen LogP contribution in [0.15, 0.2) is 4.99 Å². The number of aliphatic hydroxyl groups is 1. The van der Waals surface area contributed by atoms with E-state index in [0.717, 1.165) is 13.0 Å². The molecule has 1 N–H and O–H groups in total. The molecule has 0 atom stereocenters. The fourth-order valence-electron chi connectivity index (χ4n) is 0.445. The lowest BCUT2D eigenvalue weighted by Crippen LogP contribution is -2.01. The molecule has 0 bridgehead atoms. The van der Waals surface area contributed by atoms with E-state index in [2.05, 4.69) is 11.7 Å². The summed E-state index contributed by atoms with van der Waals surface area (Å²) in [6.45, 7) is 5.26. The number of aliphatic imine (C=N–C) groups is 1. The Hall–Kier alpha value is -0.410. The third-order valence-electron chi connectivity index (χ3n) is 0.841. The van der Waals surface area contributed by atoms with Gasteiger partial charge in [0.05, 0.1) is 13.2 Å². The number of ether oxygens (including phenoxy) is 1. The molecule has 0 aliphatic heterocycles. The summed E-state index contributed by atoms with van der Waals surface area (Å²) >= 11 is 0. The third-order valence-corrected chi connectivity index (χ3v) is 0.841. The summed E-state index contributed by atoms with van der Waals surface area (Å²) < 4.78 is 4.95. The van der Waals surface area contributed by atoms with Crippen molar-refractivity contribution in [3.05, 3.63) is 0 Å². The van der Waals surface area contributed by atoms with E-state index in [-0.39, 0.29) is 6.61 Å². The van der Waals surface area contributed by atoms with Crippen molar-refractivity contribution in [1.29, 1.82) is 0 Å². The van der Waals surface area contributed by atoms with Crippen molar-refractivity contribution < 1.29 is 9.84 Å². The van der Waals surface area contributed by atoms with Crippen molar-refractivity contribution in [1.82, 2.24) is 0 Å². The lowest BCUT2D eigenvalue weighted by molar-refractivity contribution is 0.0918. The maximum Gasteiger partial charge on any atom is 0.0697 e. The molecule has 0 saturated heterocycles. The Labute approximate surface area is 55.4 Å². The highest BCUT2D eigenvalue weighted by Gasteiger charge is 1.84. The molecule has 54 valence electrons. The quantitative estimate of drug-likeness (QED) is 0.410. The number of rotatable bonds is 6. The molecule has 0 radical (unpaired) electrons. The Morgan fingerprint density at radius 2 is 2.22 bits per heavy atom.